The average Bonchev–Trinajstić information content (AvgIpc) is 2.41. The van der Waals surface area contributed by atoms with Gasteiger partial charge in [-0.3, -0.25) is 0 Å². The quantitative estimate of drug-likeness (QED) is 0.763. The largest absolute Gasteiger partial charge is 0.497 e. The minimum atomic E-state index is 0.778. The Balaban J connectivity index is 2.22. The number of methoxy groups -OCH3 is 1. The summed E-state index contributed by atoms with van der Waals surface area (Å²) in [4.78, 5) is 0. The Morgan fingerprint density at radius 3 is 2.28 bits per heavy atom. The molecule has 2 aromatic rings. The highest BCUT2D eigenvalue weighted by Gasteiger charge is 2.04. The third-order valence-corrected chi connectivity index (χ3v) is 3.25. The van der Waals surface area contributed by atoms with E-state index in [-0.39, 0.29) is 0 Å². The number of hydrogen-bond donors (Lipinski definition) is 0. The van der Waals surface area contributed by atoms with E-state index in [0.29, 0.717) is 0 Å². The summed E-state index contributed by atoms with van der Waals surface area (Å²) >= 11 is 3.48. The molecule has 94 valence electrons. The van der Waals surface area contributed by atoms with Crippen LogP contribution in [-0.2, 0) is 5.33 Å². The van der Waals surface area contributed by atoms with E-state index in [2.05, 4.69) is 28.9 Å². The van der Waals surface area contributed by atoms with Crippen molar-refractivity contribution in [1.82, 2.24) is 0 Å². The Labute approximate surface area is 116 Å². The van der Waals surface area contributed by atoms with Crippen molar-refractivity contribution >= 4 is 15.9 Å². The van der Waals surface area contributed by atoms with Gasteiger partial charge in [0.1, 0.15) is 17.2 Å². The molecule has 2 aromatic carbocycles. The summed E-state index contributed by atoms with van der Waals surface area (Å²) in [5, 5.41) is 0.778. The molecular formula is C15H15BrO2. The maximum Gasteiger partial charge on any atom is 0.131 e. The van der Waals surface area contributed by atoms with Crippen LogP contribution in [0.4, 0.5) is 0 Å². The van der Waals surface area contributed by atoms with Gasteiger partial charge in [0.25, 0.3) is 0 Å². The summed E-state index contributed by atoms with van der Waals surface area (Å²) in [6, 6.07) is 13.7. The second-order valence-corrected chi connectivity index (χ2v) is 4.58. The first-order valence-electron chi connectivity index (χ1n) is 5.70. The van der Waals surface area contributed by atoms with E-state index in [4.69, 9.17) is 9.47 Å². The normalized spacial score (nSPS) is 10.2. The van der Waals surface area contributed by atoms with Crippen molar-refractivity contribution in [1.29, 1.82) is 0 Å². The van der Waals surface area contributed by atoms with Gasteiger partial charge in [0.05, 0.1) is 7.11 Å². The lowest BCUT2D eigenvalue weighted by Gasteiger charge is -2.10. The summed E-state index contributed by atoms with van der Waals surface area (Å²) in [6.45, 7) is 2.07. The van der Waals surface area contributed by atoms with Crippen LogP contribution in [0.2, 0.25) is 0 Å². The van der Waals surface area contributed by atoms with Gasteiger partial charge in [-0.05, 0) is 37.3 Å². The predicted molar refractivity (Wildman–Crippen MR) is 76.9 cm³/mol. The van der Waals surface area contributed by atoms with Crippen LogP contribution in [0.5, 0.6) is 17.2 Å². The molecular weight excluding hydrogens is 292 g/mol. The van der Waals surface area contributed by atoms with Crippen molar-refractivity contribution in [2.75, 3.05) is 7.11 Å². The smallest absolute Gasteiger partial charge is 0.131 e. The maximum absolute atomic E-state index is 5.87. The lowest BCUT2D eigenvalue weighted by atomic mass is 10.1. The Kier molecular flexibility index (Phi) is 4.26. The summed E-state index contributed by atoms with van der Waals surface area (Å²) in [7, 11) is 1.65. The fraction of sp³-hybridized carbons (Fsp3) is 0.200. The van der Waals surface area contributed by atoms with Crippen molar-refractivity contribution < 1.29 is 9.47 Å². The van der Waals surface area contributed by atoms with Gasteiger partial charge in [0.15, 0.2) is 0 Å². The van der Waals surface area contributed by atoms with Crippen LogP contribution in [0, 0.1) is 6.92 Å². The van der Waals surface area contributed by atoms with Gasteiger partial charge in [-0.15, -0.1) is 0 Å². The van der Waals surface area contributed by atoms with Gasteiger partial charge in [0, 0.05) is 10.9 Å². The lowest BCUT2D eigenvalue weighted by molar-refractivity contribution is 0.412. The maximum atomic E-state index is 5.87. The van der Waals surface area contributed by atoms with Gasteiger partial charge in [-0.2, -0.15) is 0 Å². The Morgan fingerprint density at radius 2 is 1.67 bits per heavy atom. The van der Waals surface area contributed by atoms with Gasteiger partial charge >= 0.3 is 0 Å². The molecule has 3 heteroatoms. The van der Waals surface area contributed by atoms with Crippen molar-refractivity contribution in [3.63, 3.8) is 0 Å². The van der Waals surface area contributed by atoms with E-state index in [1.54, 1.807) is 7.11 Å². The first-order valence-corrected chi connectivity index (χ1v) is 6.82. The second kappa shape index (κ2) is 5.91. The van der Waals surface area contributed by atoms with Crippen LogP contribution in [0.25, 0.3) is 0 Å². The van der Waals surface area contributed by atoms with E-state index in [9.17, 15) is 0 Å². The number of alkyl halides is 1. The third kappa shape index (κ3) is 3.05. The van der Waals surface area contributed by atoms with Crippen LogP contribution >= 0.6 is 15.9 Å². The summed E-state index contributed by atoms with van der Waals surface area (Å²) < 4.78 is 11.0. The van der Waals surface area contributed by atoms with Crippen LogP contribution in [0.1, 0.15) is 11.1 Å². The molecule has 0 radical (unpaired) electrons. The van der Waals surface area contributed by atoms with E-state index < -0.39 is 0 Å². The molecule has 18 heavy (non-hydrogen) atoms. The highest BCUT2D eigenvalue weighted by Crippen LogP contribution is 2.28. The molecule has 0 amide bonds. The minimum Gasteiger partial charge on any atom is -0.497 e. The molecule has 0 aliphatic heterocycles. The van der Waals surface area contributed by atoms with Gasteiger partial charge in [-0.25, -0.2) is 0 Å². The lowest BCUT2D eigenvalue weighted by Crippen LogP contribution is -1.90. The zero-order valence-electron chi connectivity index (χ0n) is 10.4. The number of benzene rings is 2. The molecule has 0 heterocycles. The van der Waals surface area contributed by atoms with Crippen LogP contribution in [0.15, 0.2) is 42.5 Å². The van der Waals surface area contributed by atoms with Gasteiger partial charge in [-0.1, -0.05) is 33.6 Å². The molecule has 0 bridgehead atoms. The molecule has 0 aliphatic carbocycles. The van der Waals surface area contributed by atoms with Crippen molar-refractivity contribution in [2.24, 2.45) is 0 Å². The SMILES string of the molecule is COc1ccc(Oc2ccc(C)cc2CBr)cc1. The first-order chi connectivity index (χ1) is 8.72. The highest BCUT2D eigenvalue weighted by molar-refractivity contribution is 9.08. The van der Waals surface area contributed by atoms with E-state index in [0.717, 1.165) is 28.1 Å². The fourth-order valence-corrected chi connectivity index (χ4v) is 2.12. The standard InChI is InChI=1S/C15H15BrO2/c1-11-3-8-15(12(9-11)10-16)18-14-6-4-13(17-2)5-7-14/h3-9H,10H2,1-2H3. The average molecular weight is 307 g/mol. The number of halogens is 1. The number of rotatable bonds is 4. The number of ether oxygens (including phenoxy) is 2. The van der Waals surface area contributed by atoms with E-state index >= 15 is 0 Å². The molecule has 0 saturated heterocycles. The van der Waals surface area contributed by atoms with Gasteiger partial charge < -0.3 is 9.47 Å². The summed E-state index contributed by atoms with van der Waals surface area (Å²) in [5.74, 6) is 2.51. The topological polar surface area (TPSA) is 18.5 Å². The van der Waals surface area contributed by atoms with Gasteiger partial charge in [0.2, 0.25) is 0 Å². The Bertz CT molecular complexity index is 521. The molecule has 0 unspecified atom stereocenters. The van der Waals surface area contributed by atoms with Crippen LogP contribution in [-0.4, -0.2) is 7.11 Å². The second-order valence-electron chi connectivity index (χ2n) is 4.02. The van der Waals surface area contributed by atoms with E-state index in [1.165, 1.54) is 5.56 Å². The van der Waals surface area contributed by atoms with Crippen LogP contribution < -0.4 is 9.47 Å². The van der Waals surface area contributed by atoms with Crippen molar-refractivity contribution in [3.05, 3.63) is 53.6 Å². The molecule has 2 nitrogen and oxygen atoms in total. The Hall–Kier alpha value is -1.48. The summed E-state index contributed by atoms with van der Waals surface area (Å²) in [5.41, 5.74) is 2.37. The highest BCUT2D eigenvalue weighted by atomic mass is 79.9. The third-order valence-electron chi connectivity index (χ3n) is 2.65. The minimum absolute atomic E-state index is 0.778. The first kappa shape index (κ1) is 13.0. The molecule has 2 rings (SSSR count). The zero-order chi connectivity index (χ0) is 13.0. The molecule has 0 fully saturated rings. The van der Waals surface area contributed by atoms with E-state index in [1.807, 2.05) is 36.4 Å². The van der Waals surface area contributed by atoms with Crippen molar-refractivity contribution in [2.45, 2.75) is 12.3 Å². The predicted octanol–water partition coefficient (Wildman–Crippen LogP) is 4.69. The molecule has 0 aliphatic rings. The molecule has 0 N–H and O–H groups in total. The Morgan fingerprint density at radius 1 is 1.00 bits per heavy atom. The fourth-order valence-electron chi connectivity index (χ4n) is 1.68. The molecule has 0 atom stereocenters. The molecule has 0 spiro atoms. The summed E-state index contributed by atoms with van der Waals surface area (Å²) in [6.07, 6.45) is 0. The molecule has 0 saturated carbocycles. The van der Waals surface area contributed by atoms with Crippen molar-refractivity contribution in [3.8, 4) is 17.2 Å². The number of hydrogen-bond acceptors (Lipinski definition) is 2. The monoisotopic (exact) mass is 306 g/mol. The zero-order valence-corrected chi connectivity index (χ0v) is 12.0. The molecule has 0 aromatic heterocycles. The number of aryl methyl sites for hydroxylation is 1. The van der Waals surface area contributed by atoms with Crippen LogP contribution in [0.3, 0.4) is 0 Å².